The van der Waals surface area contributed by atoms with Gasteiger partial charge < -0.3 is 9.52 Å². The average Bonchev–Trinajstić information content (AvgIpc) is 2.75. The van der Waals surface area contributed by atoms with E-state index in [-0.39, 0.29) is 11.8 Å². The summed E-state index contributed by atoms with van der Waals surface area (Å²) < 4.78 is 5.79. The number of rotatable bonds is 3. The summed E-state index contributed by atoms with van der Waals surface area (Å²) in [5.41, 5.74) is 0.130. The average molecular weight is 261 g/mol. The Balaban J connectivity index is 1.64. The molecule has 1 heterocycles. The van der Waals surface area contributed by atoms with Crippen molar-refractivity contribution >= 4 is 5.97 Å². The minimum atomic E-state index is -0.854. The fourth-order valence-corrected chi connectivity index (χ4v) is 5.16. The Hall–Kier alpha value is -1.32. The summed E-state index contributed by atoms with van der Waals surface area (Å²) in [5.74, 6) is 3.01. The Bertz CT molecular complexity index is 484. The molecule has 1 N–H and O–H groups in total. The largest absolute Gasteiger partial charge is 0.481 e. The van der Waals surface area contributed by atoms with E-state index in [0.29, 0.717) is 5.76 Å². The maximum atomic E-state index is 10.7. The normalized spacial score (nSPS) is 39.7. The standard InChI is InChI=1S/C15H19NO3/c17-13(18)4-12-8-16-14(19-12)15-5-9-1-10(6-15)3-11(2-9)7-15/h8-11H,1-7H2,(H,17,18). The fourth-order valence-electron chi connectivity index (χ4n) is 5.16. The van der Waals surface area contributed by atoms with Crippen LogP contribution in [0.2, 0.25) is 0 Å². The van der Waals surface area contributed by atoms with Crippen LogP contribution in [0.3, 0.4) is 0 Å². The summed E-state index contributed by atoms with van der Waals surface area (Å²) in [6.07, 6.45) is 9.33. The molecule has 4 aliphatic rings. The molecular weight excluding hydrogens is 242 g/mol. The van der Waals surface area contributed by atoms with Crippen LogP contribution in [0.5, 0.6) is 0 Å². The molecule has 0 unspecified atom stereocenters. The molecule has 0 amide bonds. The topological polar surface area (TPSA) is 63.3 Å². The van der Waals surface area contributed by atoms with Crippen LogP contribution in [0, 0.1) is 17.8 Å². The van der Waals surface area contributed by atoms with Crippen LogP contribution in [-0.4, -0.2) is 16.1 Å². The zero-order chi connectivity index (χ0) is 13.0. The first kappa shape index (κ1) is 11.5. The Morgan fingerprint density at radius 1 is 1.26 bits per heavy atom. The molecule has 0 aliphatic heterocycles. The number of carboxylic acids is 1. The second-order valence-electron chi connectivity index (χ2n) is 6.90. The lowest BCUT2D eigenvalue weighted by molar-refractivity contribution is -0.136. The molecule has 4 bridgehead atoms. The fraction of sp³-hybridized carbons (Fsp3) is 0.733. The van der Waals surface area contributed by atoms with E-state index in [1.165, 1.54) is 38.5 Å². The van der Waals surface area contributed by atoms with Crippen molar-refractivity contribution in [2.45, 2.75) is 50.4 Å². The maximum Gasteiger partial charge on any atom is 0.311 e. The lowest BCUT2D eigenvalue weighted by Gasteiger charge is -2.55. The summed E-state index contributed by atoms with van der Waals surface area (Å²) in [4.78, 5) is 15.2. The smallest absolute Gasteiger partial charge is 0.311 e. The molecule has 1 aromatic heterocycles. The van der Waals surface area contributed by atoms with Gasteiger partial charge in [0.05, 0.1) is 6.20 Å². The first-order valence-corrected chi connectivity index (χ1v) is 7.30. The van der Waals surface area contributed by atoms with Crippen molar-refractivity contribution in [3.63, 3.8) is 0 Å². The van der Waals surface area contributed by atoms with E-state index in [4.69, 9.17) is 9.52 Å². The van der Waals surface area contributed by atoms with Gasteiger partial charge in [0.15, 0.2) is 0 Å². The highest BCUT2D eigenvalue weighted by Crippen LogP contribution is 2.60. The third-order valence-corrected chi connectivity index (χ3v) is 5.37. The molecule has 4 fully saturated rings. The summed E-state index contributed by atoms with van der Waals surface area (Å²) in [6, 6.07) is 0. The molecule has 4 aliphatic carbocycles. The number of carboxylic acid groups (broad SMARTS) is 1. The molecule has 102 valence electrons. The van der Waals surface area contributed by atoms with Crippen LogP contribution in [0.4, 0.5) is 0 Å². The van der Waals surface area contributed by atoms with Gasteiger partial charge in [0, 0.05) is 5.41 Å². The van der Waals surface area contributed by atoms with Crippen LogP contribution in [-0.2, 0) is 16.6 Å². The second-order valence-corrected chi connectivity index (χ2v) is 6.90. The van der Waals surface area contributed by atoms with Gasteiger partial charge in [0.1, 0.15) is 12.2 Å². The number of nitrogens with zero attached hydrogens (tertiary/aromatic N) is 1. The van der Waals surface area contributed by atoms with E-state index in [1.807, 2.05) is 0 Å². The van der Waals surface area contributed by atoms with Crippen LogP contribution in [0.15, 0.2) is 10.6 Å². The lowest BCUT2D eigenvalue weighted by Crippen LogP contribution is -2.48. The monoisotopic (exact) mass is 261 g/mol. The van der Waals surface area contributed by atoms with Gasteiger partial charge in [-0.15, -0.1) is 0 Å². The molecule has 19 heavy (non-hydrogen) atoms. The predicted molar refractivity (Wildman–Crippen MR) is 67.7 cm³/mol. The number of carbonyl (C=O) groups is 1. The number of aromatic nitrogens is 1. The molecule has 4 nitrogen and oxygen atoms in total. The van der Waals surface area contributed by atoms with Crippen LogP contribution in [0.1, 0.15) is 50.2 Å². The zero-order valence-corrected chi connectivity index (χ0v) is 11.0. The molecule has 0 radical (unpaired) electrons. The Morgan fingerprint density at radius 2 is 1.84 bits per heavy atom. The number of oxazole rings is 1. The molecule has 5 rings (SSSR count). The maximum absolute atomic E-state index is 10.7. The van der Waals surface area contributed by atoms with Crippen LogP contribution < -0.4 is 0 Å². The van der Waals surface area contributed by atoms with Crippen molar-refractivity contribution in [2.24, 2.45) is 17.8 Å². The van der Waals surface area contributed by atoms with Crippen molar-refractivity contribution in [2.75, 3.05) is 0 Å². The van der Waals surface area contributed by atoms with E-state index in [1.54, 1.807) is 6.20 Å². The minimum Gasteiger partial charge on any atom is -0.481 e. The highest BCUT2D eigenvalue weighted by molar-refractivity contribution is 5.69. The van der Waals surface area contributed by atoms with Gasteiger partial charge >= 0.3 is 5.97 Å². The van der Waals surface area contributed by atoms with Crippen LogP contribution >= 0.6 is 0 Å². The Kier molecular flexibility index (Phi) is 2.32. The number of aliphatic carboxylic acids is 1. The third-order valence-electron chi connectivity index (χ3n) is 5.37. The van der Waals surface area contributed by atoms with Gasteiger partial charge in [-0.3, -0.25) is 4.79 Å². The summed E-state index contributed by atoms with van der Waals surface area (Å²) in [6.45, 7) is 0. The highest BCUT2D eigenvalue weighted by Gasteiger charge is 2.53. The minimum absolute atomic E-state index is 0.0562. The van der Waals surface area contributed by atoms with Gasteiger partial charge in [0.25, 0.3) is 0 Å². The van der Waals surface area contributed by atoms with Gasteiger partial charge in [-0.25, -0.2) is 4.98 Å². The molecule has 4 saturated carbocycles. The van der Waals surface area contributed by atoms with Crippen molar-refractivity contribution in [3.05, 3.63) is 17.8 Å². The Morgan fingerprint density at radius 3 is 2.37 bits per heavy atom. The van der Waals surface area contributed by atoms with E-state index in [2.05, 4.69) is 4.98 Å². The van der Waals surface area contributed by atoms with Gasteiger partial charge in [-0.2, -0.15) is 0 Å². The summed E-state index contributed by atoms with van der Waals surface area (Å²) >= 11 is 0. The van der Waals surface area contributed by atoms with Gasteiger partial charge in [-0.1, -0.05) is 0 Å². The SMILES string of the molecule is O=C(O)Cc1cnc(C23CC4CC(CC(C4)C2)C3)o1. The molecule has 4 heteroatoms. The van der Waals surface area contributed by atoms with E-state index >= 15 is 0 Å². The third kappa shape index (κ3) is 1.80. The summed E-state index contributed by atoms with van der Waals surface area (Å²) in [7, 11) is 0. The van der Waals surface area contributed by atoms with Crippen LogP contribution in [0.25, 0.3) is 0 Å². The van der Waals surface area contributed by atoms with Gasteiger partial charge in [0.2, 0.25) is 5.89 Å². The van der Waals surface area contributed by atoms with Gasteiger partial charge in [-0.05, 0) is 56.3 Å². The Labute approximate surface area is 112 Å². The molecule has 0 aromatic carbocycles. The summed E-state index contributed by atoms with van der Waals surface area (Å²) in [5, 5.41) is 8.82. The van der Waals surface area contributed by atoms with E-state index in [0.717, 1.165) is 23.6 Å². The van der Waals surface area contributed by atoms with Crippen molar-refractivity contribution in [3.8, 4) is 0 Å². The zero-order valence-electron chi connectivity index (χ0n) is 11.0. The lowest BCUT2D eigenvalue weighted by atomic mass is 9.49. The van der Waals surface area contributed by atoms with Crippen molar-refractivity contribution < 1.29 is 14.3 Å². The molecule has 0 saturated heterocycles. The van der Waals surface area contributed by atoms with E-state index < -0.39 is 5.97 Å². The molecular formula is C15H19NO3. The number of hydrogen-bond donors (Lipinski definition) is 1. The first-order valence-electron chi connectivity index (χ1n) is 7.30. The predicted octanol–water partition coefficient (Wildman–Crippen LogP) is 2.77. The van der Waals surface area contributed by atoms with Crippen molar-refractivity contribution in [1.82, 2.24) is 4.98 Å². The van der Waals surface area contributed by atoms with E-state index in [9.17, 15) is 4.79 Å². The molecule has 1 aromatic rings. The first-order chi connectivity index (χ1) is 9.13. The molecule has 0 spiro atoms. The highest BCUT2D eigenvalue weighted by atomic mass is 16.4. The molecule has 0 atom stereocenters. The van der Waals surface area contributed by atoms with Crippen molar-refractivity contribution in [1.29, 1.82) is 0 Å². The quantitative estimate of drug-likeness (QED) is 0.908. The second kappa shape index (κ2) is 3.84. The number of hydrogen-bond acceptors (Lipinski definition) is 3.